The van der Waals surface area contributed by atoms with E-state index >= 15 is 0 Å². The molecule has 0 unspecified atom stereocenters. The van der Waals surface area contributed by atoms with E-state index in [9.17, 15) is 5.26 Å². The molecule has 1 aromatic heterocycles. The Balaban J connectivity index is 1.44. The highest BCUT2D eigenvalue weighted by Gasteiger charge is 2.20. The minimum Gasteiger partial charge on any atom is -0.489 e. The number of aliphatic imine (C=N–C) groups is 1. The molecule has 1 aliphatic rings. The van der Waals surface area contributed by atoms with E-state index in [2.05, 4.69) is 17.1 Å². The van der Waals surface area contributed by atoms with Gasteiger partial charge in [0.05, 0.1) is 17.2 Å². The van der Waals surface area contributed by atoms with Crippen LogP contribution in [0.25, 0.3) is 0 Å². The highest BCUT2D eigenvalue weighted by molar-refractivity contribution is 7.16. The third-order valence-electron chi connectivity index (χ3n) is 5.01. The number of hydrogen-bond donors (Lipinski definition) is 0. The lowest BCUT2D eigenvalue weighted by Gasteiger charge is -2.09. The van der Waals surface area contributed by atoms with Crippen LogP contribution in [0.2, 0.25) is 0 Å². The van der Waals surface area contributed by atoms with Gasteiger partial charge in [-0.2, -0.15) is 10.5 Å². The molecule has 3 aromatic rings. The van der Waals surface area contributed by atoms with Gasteiger partial charge < -0.3 is 4.74 Å². The van der Waals surface area contributed by atoms with Crippen molar-refractivity contribution in [2.75, 3.05) is 0 Å². The molecule has 142 valence electrons. The molecule has 0 atom stereocenters. The molecular weight excluding hydrogens is 378 g/mol. The summed E-state index contributed by atoms with van der Waals surface area (Å²) in [5, 5.41) is 19.5. The summed E-state index contributed by atoms with van der Waals surface area (Å²) in [6.07, 6.45) is 6.20. The number of nitrogens with zero attached hydrogens (tertiary/aromatic N) is 3. The lowest BCUT2D eigenvalue weighted by Crippen LogP contribution is -1.99. The monoisotopic (exact) mass is 397 g/mol. The van der Waals surface area contributed by atoms with Gasteiger partial charge in [-0.1, -0.05) is 18.2 Å². The van der Waals surface area contributed by atoms with Crippen molar-refractivity contribution in [3.63, 3.8) is 0 Å². The Morgan fingerprint density at radius 1 is 1.00 bits per heavy atom. The van der Waals surface area contributed by atoms with Crippen LogP contribution in [0.15, 0.2) is 53.5 Å². The van der Waals surface area contributed by atoms with E-state index in [1.165, 1.54) is 16.9 Å². The van der Waals surface area contributed by atoms with Crippen LogP contribution in [0.5, 0.6) is 5.75 Å². The highest BCUT2D eigenvalue weighted by Crippen LogP contribution is 2.39. The predicted molar refractivity (Wildman–Crippen MR) is 115 cm³/mol. The maximum absolute atomic E-state index is 9.53. The van der Waals surface area contributed by atoms with Crippen molar-refractivity contribution in [1.82, 2.24) is 0 Å². The summed E-state index contributed by atoms with van der Waals surface area (Å²) in [6.45, 7) is 0.351. The quantitative estimate of drug-likeness (QED) is 0.519. The van der Waals surface area contributed by atoms with E-state index in [1.54, 1.807) is 23.6 Å². The zero-order chi connectivity index (χ0) is 20.1. The van der Waals surface area contributed by atoms with Gasteiger partial charge in [0.2, 0.25) is 0 Å². The molecule has 29 heavy (non-hydrogen) atoms. The molecule has 2 aromatic carbocycles. The molecule has 1 heterocycles. The lowest BCUT2D eigenvalue weighted by atomic mass is 9.96. The smallest absolute Gasteiger partial charge is 0.134 e. The molecule has 0 saturated heterocycles. The fraction of sp³-hybridized carbons (Fsp3) is 0.208. The van der Waals surface area contributed by atoms with Gasteiger partial charge in [0.1, 0.15) is 23.4 Å². The number of nitriles is 2. The Labute approximate surface area is 174 Å². The average Bonchev–Trinajstić information content (AvgIpc) is 3.14. The number of ether oxygens (including phenoxy) is 1. The third kappa shape index (κ3) is 4.21. The van der Waals surface area contributed by atoms with Crippen LogP contribution in [0.4, 0.5) is 5.00 Å². The van der Waals surface area contributed by atoms with E-state index in [4.69, 9.17) is 10.00 Å². The van der Waals surface area contributed by atoms with Crippen LogP contribution in [0.3, 0.4) is 0 Å². The molecule has 0 radical (unpaired) electrons. The molecule has 4 nitrogen and oxygen atoms in total. The average molecular weight is 398 g/mol. The van der Waals surface area contributed by atoms with Gasteiger partial charge >= 0.3 is 0 Å². The van der Waals surface area contributed by atoms with E-state index in [-0.39, 0.29) is 0 Å². The normalized spacial score (nSPS) is 12.9. The Morgan fingerprint density at radius 3 is 2.59 bits per heavy atom. The van der Waals surface area contributed by atoms with Crippen molar-refractivity contribution in [3.8, 4) is 17.9 Å². The Kier molecular flexibility index (Phi) is 5.70. The van der Waals surface area contributed by atoms with Gasteiger partial charge in [-0.15, -0.1) is 11.3 Å². The number of aryl methyl sites for hydroxylation is 1. The molecule has 0 amide bonds. The minimum absolute atomic E-state index is 0.351. The summed E-state index contributed by atoms with van der Waals surface area (Å²) in [6, 6.07) is 19.6. The third-order valence-corrected chi connectivity index (χ3v) is 6.21. The topological polar surface area (TPSA) is 69.2 Å². The number of rotatable bonds is 5. The van der Waals surface area contributed by atoms with Crippen LogP contribution in [-0.2, 0) is 19.4 Å². The molecule has 0 fully saturated rings. The van der Waals surface area contributed by atoms with Gasteiger partial charge in [-0.25, -0.2) is 4.99 Å². The Hall–Kier alpha value is -3.41. The Bertz CT molecular complexity index is 1130. The first-order chi connectivity index (χ1) is 14.3. The maximum Gasteiger partial charge on any atom is 0.134 e. The van der Waals surface area contributed by atoms with Gasteiger partial charge in [-0.05, 0) is 67.1 Å². The minimum atomic E-state index is 0.351. The second kappa shape index (κ2) is 8.73. The van der Waals surface area contributed by atoms with E-state index in [0.717, 1.165) is 46.7 Å². The van der Waals surface area contributed by atoms with Crippen molar-refractivity contribution in [3.05, 3.63) is 81.2 Å². The zero-order valence-corrected chi connectivity index (χ0v) is 16.7. The van der Waals surface area contributed by atoms with Gasteiger partial charge in [0.15, 0.2) is 0 Å². The molecule has 0 bridgehead atoms. The summed E-state index contributed by atoms with van der Waals surface area (Å²) >= 11 is 1.65. The van der Waals surface area contributed by atoms with Crippen molar-refractivity contribution in [2.45, 2.75) is 32.3 Å². The van der Waals surface area contributed by atoms with Crippen LogP contribution in [-0.4, -0.2) is 6.21 Å². The van der Waals surface area contributed by atoms with Crippen LogP contribution < -0.4 is 4.74 Å². The molecule has 1 aliphatic carbocycles. The standard InChI is InChI=1S/C24H19N3OS/c25-13-18-5-1-2-6-19(18)16-28-20-11-9-17(10-12-20)15-27-24-22(14-26)21-7-3-4-8-23(21)29-24/h1-2,5-6,9-12,15H,3-4,7-8,16H2/b27-15+. The summed E-state index contributed by atoms with van der Waals surface area (Å²) < 4.78 is 5.81. The maximum atomic E-state index is 9.53. The number of hydrogen-bond acceptors (Lipinski definition) is 5. The fourth-order valence-corrected chi connectivity index (χ4v) is 4.64. The van der Waals surface area contributed by atoms with Crippen molar-refractivity contribution in [1.29, 1.82) is 10.5 Å². The first-order valence-corrected chi connectivity index (χ1v) is 10.4. The molecule has 0 spiro atoms. The second-order valence-corrected chi connectivity index (χ2v) is 7.97. The molecular formula is C24H19N3OS. The highest BCUT2D eigenvalue weighted by atomic mass is 32.1. The summed E-state index contributed by atoms with van der Waals surface area (Å²) in [4.78, 5) is 5.91. The zero-order valence-electron chi connectivity index (χ0n) is 15.9. The summed E-state index contributed by atoms with van der Waals surface area (Å²) in [5.74, 6) is 0.735. The summed E-state index contributed by atoms with van der Waals surface area (Å²) in [7, 11) is 0. The molecule has 0 N–H and O–H groups in total. The van der Waals surface area contributed by atoms with Gasteiger partial charge in [0.25, 0.3) is 0 Å². The van der Waals surface area contributed by atoms with E-state index in [1.807, 2.05) is 42.5 Å². The van der Waals surface area contributed by atoms with Crippen molar-refractivity contribution in [2.24, 2.45) is 4.99 Å². The van der Waals surface area contributed by atoms with Crippen LogP contribution in [0.1, 0.15) is 45.5 Å². The second-order valence-electron chi connectivity index (χ2n) is 6.89. The first kappa shape index (κ1) is 18.9. The van der Waals surface area contributed by atoms with Crippen LogP contribution >= 0.6 is 11.3 Å². The fourth-order valence-electron chi connectivity index (χ4n) is 3.46. The van der Waals surface area contributed by atoms with E-state index in [0.29, 0.717) is 12.2 Å². The number of thiophene rings is 1. The Morgan fingerprint density at radius 2 is 1.79 bits per heavy atom. The summed E-state index contributed by atoms with van der Waals surface area (Å²) in [5.41, 5.74) is 4.40. The molecule has 5 heteroatoms. The number of benzene rings is 2. The number of fused-ring (bicyclic) bond motifs is 1. The lowest BCUT2D eigenvalue weighted by molar-refractivity contribution is 0.306. The molecule has 0 aliphatic heterocycles. The van der Waals surface area contributed by atoms with Gasteiger partial charge in [0, 0.05) is 16.7 Å². The predicted octanol–water partition coefficient (Wildman–Crippen LogP) is 5.70. The molecule has 4 rings (SSSR count). The van der Waals surface area contributed by atoms with Crippen LogP contribution in [0, 0.1) is 22.7 Å². The van der Waals surface area contributed by atoms with Crippen molar-refractivity contribution < 1.29 is 4.74 Å². The SMILES string of the molecule is N#Cc1ccccc1COc1ccc(/C=N/c2sc3c(c2C#N)CCCC3)cc1. The van der Waals surface area contributed by atoms with Gasteiger partial charge in [-0.3, -0.25) is 0 Å². The van der Waals surface area contributed by atoms with Crippen molar-refractivity contribution >= 4 is 22.6 Å². The first-order valence-electron chi connectivity index (χ1n) is 9.58. The largest absolute Gasteiger partial charge is 0.489 e. The molecule has 0 saturated carbocycles. The van der Waals surface area contributed by atoms with E-state index < -0.39 is 0 Å².